The number of nitrogens with zero attached hydrogens (tertiary/aromatic N) is 4. The van der Waals surface area contributed by atoms with E-state index in [9.17, 15) is 9.59 Å². The lowest BCUT2D eigenvalue weighted by Gasteiger charge is -2.32. The first kappa shape index (κ1) is 21.6. The molecule has 1 fully saturated rings. The zero-order chi connectivity index (χ0) is 22.9. The molecule has 0 bridgehead atoms. The molecule has 1 atom stereocenters. The van der Waals surface area contributed by atoms with E-state index < -0.39 is 6.10 Å². The molecule has 0 spiro atoms. The van der Waals surface area contributed by atoms with E-state index in [0.717, 1.165) is 49.1 Å². The molecule has 1 aliphatic carbocycles. The lowest BCUT2D eigenvalue weighted by Crippen LogP contribution is -2.43. The van der Waals surface area contributed by atoms with E-state index in [2.05, 4.69) is 21.6 Å². The molecule has 8 nitrogen and oxygen atoms in total. The van der Waals surface area contributed by atoms with Crippen molar-refractivity contribution in [1.82, 2.24) is 24.9 Å². The number of aryl methyl sites for hydroxylation is 2. The second-order valence-electron chi connectivity index (χ2n) is 9.03. The summed E-state index contributed by atoms with van der Waals surface area (Å²) in [5.41, 5.74) is 3.92. The molecular formula is C25H29N5O3. The van der Waals surface area contributed by atoms with E-state index in [1.807, 2.05) is 38.1 Å². The van der Waals surface area contributed by atoms with Gasteiger partial charge < -0.3 is 10.1 Å². The van der Waals surface area contributed by atoms with E-state index in [0.29, 0.717) is 12.4 Å². The molecule has 2 aliphatic rings. The van der Waals surface area contributed by atoms with Crippen LogP contribution in [0.3, 0.4) is 0 Å². The third-order valence-corrected chi connectivity index (χ3v) is 6.66. The van der Waals surface area contributed by atoms with E-state index in [-0.39, 0.29) is 23.6 Å². The first-order valence-corrected chi connectivity index (χ1v) is 11.6. The van der Waals surface area contributed by atoms with Gasteiger partial charge in [0.25, 0.3) is 11.5 Å². The van der Waals surface area contributed by atoms with Crippen molar-refractivity contribution < 1.29 is 9.53 Å². The maximum atomic E-state index is 13.0. The van der Waals surface area contributed by atoms with Gasteiger partial charge in [0, 0.05) is 17.8 Å². The van der Waals surface area contributed by atoms with E-state index in [4.69, 9.17) is 4.74 Å². The van der Waals surface area contributed by atoms with Crippen LogP contribution in [0.5, 0.6) is 0 Å². The third kappa shape index (κ3) is 4.35. The minimum Gasteiger partial charge on any atom is -0.363 e. The van der Waals surface area contributed by atoms with Crippen LogP contribution in [0.4, 0.5) is 0 Å². The highest BCUT2D eigenvalue weighted by molar-refractivity contribution is 5.83. The van der Waals surface area contributed by atoms with E-state index in [1.165, 1.54) is 5.56 Å². The molecule has 5 rings (SSSR count). The molecule has 1 N–H and O–H groups in total. The van der Waals surface area contributed by atoms with Gasteiger partial charge in [-0.15, -0.1) is 5.10 Å². The Morgan fingerprint density at radius 3 is 2.61 bits per heavy atom. The van der Waals surface area contributed by atoms with Gasteiger partial charge in [-0.3, -0.25) is 9.59 Å². The monoisotopic (exact) mass is 447 g/mol. The maximum Gasteiger partial charge on any atom is 0.267 e. The average Bonchev–Trinajstić information content (AvgIpc) is 3.17. The number of carbonyl (C=O) groups is 1. The summed E-state index contributed by atoms with van der Waals surface area (Å²) in [7, 11) is 0. The van der Waals surface area contributed by atoms with Crippen LogP contribution in [0, 0.1) is 13.8 Å². The molecule has 8 heteroatoms. The molecule has 0 saturated heterocycles. The number of rotatable bonds is 4. The lowest BCUT2D eigenvalue weighted by atomic mass is 9.90. The van der Waals surface area contributed by atoms with Crippen molar-refractivity contribution in [1.29, 1.82) is 0 Å². The van der Waals surface area contributed by atoms with Crippen molar-refractivity contribution in [3.05, 3.63) is 75.3 Å². The average molecular weight is 448 g/mol. The van der Waals surface area contributed by atoms with Gasteiger partial charge in [-0.1, -0.05) is 24.3 Å². The first-order valence-electron chi connectivity index (χ1n) is 11.6. The Balaban J connectivity index is 1.25. The number of amides is 1. The number of hydrogen-bond acceptors (Lipinski definition) is 5. The number of carbonyl (C=O) groups excluding carboxylic acids is 1. The van der Waals surface area contributed by atoms with Crippen molar-refractivity contribution in [2.45, 2.75) is 64.1 Å². The van der Waals surface area contributed by atoms with Gasteiger partial charge in [0.05, 0.1) is 18.3 Å². The van der Waals surface area contributed by atoms with Crippen LogP contribution in [0.15, 0.2) is 47.3 Å². The van der Waals surface area contributed by atoms with Crippen molar-refractivity contribution in [3.63, 3.8) is 0 Å². The molecule has 0 radical (unpaired) electrons. The van der Waals surface area contributed by atoms with Gasteiger partial charge >= 0.3 is 0 Å². The summed E-state index contributed by atoms with van der Waals surface area (Å²) in [6.07, 6.45) is 3.44. The third-order valence-electron chi connectivity index (χ3n) is 6.66. The fourth-order valence-corrected chi connectivity index (χ4v) is 5.00. The summed E-state index contributed by atoms with van der Waals surface area (Å²) in [5, 5.41) is 12.3. The molecule has 33 heavy (non-hydrogen) atoms. The molecule has 1 saturated carbocycles. The Bertz CT molecular complexity index is 1220. The molecule has 3 heterocycles. The second kappa shape index (κ2) is 8.94. The van der Waals surface area contributed by atoms with Crippen LogP contribution in [0.25, 0.3) is 5.82 Å². The molecule has 1 aromatic carbocycles. The SMILES string of the molecule is Cc1cc(C)n(-c2ccc(=O)n(C3CCC(NC(=O)C4OCCc5ccccc54)CC3)n2)n1. The zero-order valence-electron chi connectivity index (χ0n) is 19.0. The van der Waals surface area contributed by atoms with Gasteiger partial charge in [-0.2, -0.15) is 5.10 Å². The number of benzene rings is 1. The fraction of sp³-hybridized carbons (Fsp3) is 0.440. The Hall–Kier alpha value is -3.26. The summed E-state index contributed by atoms with van der Waals surface area (Å²) < 4.78 is 9.16. The molecule has 2 aromatic heterocycles. The fourth-order valence-electron chi connectivity index (χ4n) is 5.00. The van der Waals surface area contributed by atoms with Crippen LogP contribution in [0.1, 0.15) is 60.3 Å². The van der Waals surface area contributed by atoms with Gasteiger partial charge in [0.2, 0.25) is 0 Å². The van der Waals surface area contributed by atoms with Crippen molar-refractivity contribution in [2.24, 2.45) is 0 Å². The smallest absolute Gasteiger partial charge is 0.267 e. The number of hydrogen-bond donors (Lipinski definition) is 1. The molecule has 1 aliphatic heterocycles. The highest BCUT2D eigenvalue weighted by atomic mass is 16.5. The summed E-state index contributed by atoms with van der Waals surface area (Å²) in [5.74, 6) is 0.566. The first-order chi connectivity index (χ1) is 16.0. The Labute approximate surface area is 192 Å². The lowest BCUT2D eigenvalue weighted by molar-refractivity contribution is -0.135. The van der Waals surface area contributed by atoms with Gasteiger partial charge in [0.1, 0.15) is 0 Å². The normalized spacial score (nSPS) is 22.5. The number of nitrogens with one attached hydrogen (secondary N) is 1. The standard InChI is InChI=1S/C25H29N5O3/c1-16-15-17(2)29(27-16)22-11-12-23(31)30(28-22)20-9-7-19(8-10-20)26-25(32)24-21-6-4-3-5-18(21)13-14-33-24/h3-6,11-12,15,19-20,24H,7-10,13-14H2,1-2H3,(H,26,32). The second-order valence-corrected chi connectivity index (χ2v) is 9.03. The van der Waals surface area contributed by atoms with Gasteiger partial charge in [-0.25, -0.2) is 9.36 Å². The summed E-state index contributed by atoms with van der Waals surface area (Å²) in [6, 6.07) is 13.3. The maximum absolute atomic E-state index is 13.0. The number of fused-ring (bicyclic) bond motifs is 1. The largest absolute Gasteiger partial charge is 0.363 e. The predicted molar refractivity (Wildman–Crippen MR) is 123 cm³/mol. The van der Waals surface area contributed by atoms with Crippen LogP contribution in [-0.4, -0.2) is 38.1 Å². The minimum atomic E-state index is -0.547. The molecule has 1 unspecified atom stereocenters. The summed E-state index contributed by atoms with van der Waals surface area (Å²) in [6.45, 7) is 4.47. The Kier molecular flexibility index (Phi) is 5.85. The van der Waals surface area contributed by atoms with E-state index in [1.54, 1.807) is 21.5 Å². The number of aromatic nitrogens is 4. The van der Waals surface area contributed by atoms with Crippen LogP contribution in [0.2, 0.25) is 0 Å². The van der Waals surface area contributed by atoms with Crippen molar-refractivity contribution >= 4 is 5.91 Å². The number of ether oxygens (including phenoxy) is 1. The molecule has 172 valence electrons. The van der Waals surface area contributed by atoms with Crippen molar-refractivity contribution in [3.8, 4) is 5.82 Å². The van der Waals surface area contributed by atoms with Crippen LogP contribution in [-0.2, 0) is 16.0 Å². The zero-order valence-corrected chi connectivity index (χ0v) is 19.0. The predicted octanol–water partition coefficient (Wildman–Crippen LogP) is 2.96. The summed E-state index contributed by atoms with van der Waals surface area (Å²) >= 11 is 0. The molecule has 1 amide bonds. The molecular weight excluding hydrogens is 418 g/mol. The minimum absolute atomic E-state index is 0.00854. The van der Waals surface area contributed by atoms with E-state index >= 15 is 0 Å². The molecule has 3 aromatic rings. The van der Waals surface area contributed by atoms with Crippen LogP contribution >= 0.6 is 0 Å². The highest BCUT2D eigenvalue weighted by Crippen LogP contribution is 2.30. The van der Waals surface area contributed by atoms with Crippen molar-refractivity contribution in [2.75, 3.05) is 6.61 Å². The Morgan fingerprint density at radius 2 is 1.85 bits per heavy atom. The topological polar surface area (TPSA) is 91.0 Å². The quantitative estimate of drug-likeness (QED) is 0.664. The van der Waals surface area contributed by atoms with Crippen LogP contribution < -0.4 is 10.9 Å². The van der Waals surface area contributed by atoms with Gasteiger partial charge in [0.15, 0.2) is 11.9 Å². The Morgan fingerprint density at radius 1 is 1.06 bits per heavy atom. The van der Waals surface area contributed by atoms with Gasteiger partial charge in [-0.05, 0) is 69.2 Å². The highest BCUT2D eigenvalue weighted by Gasteiger charge is 2.31. The summed E-state index contributed by atoms with van der Waals surface area (Å²) in [4.78, 5) is 25.5.